The van der Waals surface area contributed by atoms with Crippen molar-refractivity contribution in [3.63, 3.8) is 0 Å². The quantitative estimate of drug-likeness (QED) is 0.494. The first-order chi connectivity index (χ1) is 6.86. The van der Waals surface area contributed by atoms with E-state index >= 15 is 0 Å². The third kappa shape index (κ3) is 1.11. The van der Waals surface area contributed by atoms with E-state index in [0.717, 1.165) is 13.1 Å². The van der Waals surface area contributed by atoms with Crippen molar-refractivity contribution in [2.24, 2.45) is 0 Å². The Morgan fingerprint density at radius 1 is 1.29 bits per heavy atom. The Kier molecular flexibility index (Phi) is 1.86. The van der Waals surface area contributed by atoms with Crippen LogP contribution in [0.3, 0.4) is 0 Å². The summed E-state index contributed by atoms with van der Waals surface area (Å²) in [5.74, 6) is 0.594. The van der Waals surface area contributed by atoms with Crippen molar-refractivity contribution >= 4 is 20.1 Å². The number of fused-ring (bicyclic) bond motifs is 4. The molecular weight excluding hydrogens is 237 g/mol. The summed E-state index contributed by atoms with van der Waals surface area (Å²) in [6.07, 6.45) is 4.60. The van der Waals surface area contributed by atoms with Crippen LogP contribution in [0.2, 0.25) is 0 Å². The standard InChI is InChI=1S/C12H11NSe/c14-12-11-6-2-1-5-10(11)9-4-3-7-13(12)8-9/h1-6,9H,7-8H2/t9-/m1/s1. The summed E-state index contributed by atoms with van der Waals surface area (Å²) in [5, 5.41) is 0. The van der Waals surface area contributed by atoms with Crippen LogP contribution in [0.15, 0.2) is 36.4 Å². The van der Waals surface area contributed by atoms with E-state index in [-0.39, 0.29) is 0 Å². The fourth-order valence-corrected chi connectivity index (χ4v) is 2.98. The molecule has 0 aromatic heterocycles. The van der Waals surface area contributed by atoms with Gasteiger partial charge < -0.3 is 0 Å². The molecule has 2 bridgehead atoms. The van der Waals surface area contributed by atoms with Crippen molar-refractivity contribution in [2.75, 3.05) is 13.1 Å². The molecule has 2 aliphatic rings. The summed E-state index contributed by atoms with van der Waals surface area (Å²) in [5.41, 5.74) is 2.85. The molecule has 0 aliphatic carbocycles. The topological polar surface area (TPSA) is 3.24 Å². The maximum atomic E-state index is 3.20. The SMILES string of the molecule is [Se]=C1c2ccccc2[C@@H]2C=CCN1C2. The molecule has 1 aromatic rings. The van der Waals surface area contributed by atoms with Gasteiger partial charge in [0.2, 0.25) is 0 Å². The summed E-state index contributed by atoms with van der Waals surface area (Å²) in [4.78, 5) is 2.41. The Labute approximate surface area is 91.8 Å². The molecule has 3 rings (SSSR count). The second-order valence-electron chi connectivity index (χ2n) is 3.83. The van der Waals surface area contributed by atoms with Crippen molar-refractivity contribution in [2.45, 2.75) is 5.92 Å². The maximum absolute atomic E-state index is 3.20. The molecule has 0 N–H and O–H groups in total. The van der Waals surface area contributed by atoms with Crippen LogP contribution in [-0.4, -0.2) is 38.1 Å². The molecule has 0 spiro atoms. The molecule has 2 heteroatoms. The minimum atomic E-state index is 0.594. The fraction of sp³-hybridized carbons (Fsp3) is 0.250. The third-order valence-electron chi connectivity index (χ3n) is 2.99. The van der Waals surface area contributed by atoms with Gasteiger partial charge in [-0.1, -0.05) is 0 Å². The molecule has 0 saturated heterocycles. The zero-order chi connectivity index (χ0) is 9.54. The number of rotatable bonds is 0. The van der Waals surface area contributed by atoms with Gasteiger partial charge in [-0.05, 0) is 0 Å². The van der Waals surface area contributed by atoms with Crippen LogP contribution in [0.4, 0.5) is 0 Å². The van der Waals surface area contributed by atoms with Crippen LogP contribution < -0.4 is 0 Å². The van der Waals surface area contributed by atoms with E-state index in [4.69, 9.17) is 0 Å². The number of benzene rings is 1. The number of nitrogens with zero attached hydrogens (tertiary/aromatic N) is 1. The third-order valence-corrected chi connectivity index (χ3v) is 3.99. The monoisotopic (exact) mass is 249 g/mol. The Hall–Kier alpha value is -0.851. The molecule has 1 atom stereocenters. The molecule has 1 nitrogen and oxygen atoms in total. The predicted octanol–water partition coefficient (Wildman–Crippen LogP) is 1.30. The van der Waals surface area contributed by atoms with Crippen LogP contribution in [0.1, 0.15) is 17.0 Å². The van der Waals surface area contributed by atoms with E-state index < -0.39 is 0 Å². The van der Waals surface area contributed by atoms with Crippen LogP contribution in [-0.2, 0) is 0 Å². The number of hydrogen-bond acceptors (Lipinski definition) is 1. The molecular formula is C12H11NSe. The summed E-state index contributed by atoms with van der Waals surface area (Å²) < 4.78 is 1.31. The van der Waals surface area contributed by atoms with Crippen molar-refractivity contribution in [1.29, 1.82) is 0 Å². The normalized spacial score (nSPS) is 23.6. The molecule has 0 amide bonds. The molecule has 14 heavy (non-hydrogen) atoms. The molecule has 0 unspecified atom stereocenters. The summed E-state index contributed by atoms with van der Waals surface area (Å²) in [6, 6.07) is 8.69. The van der Waals surface area contributed by atoms with Crippen molar-refractivity contribution in [3.05, 3.63) is 47.5 Å². The van der Waals surface area contributed by atoms with E-state index in [0.29, 0.717) is 5.92 Å². The van der Waals surface area contributed by atoms with Crippen molar-refractivity contribution < 1.29 is 0 Å². The molecule has 1 aromatic carbocycles. The summed E-state index contributed by atoms with van der Waals surface area (Å²) in [7, 11) is 0. The van der Waals surface area contributed by atoms with E-state index in [1.807, 2.05) is 0 Å². The average Bonchev–Trinajstić information content (AvgIpc) is 2.27. The second-order valence-corrected chi connectivity index (χ2v) is 4.64. The zero-order valence-corrected chi connectivity index (χ0v) is 9.52. The van der Waals surface area contributed by atoms with Crippen LogP contribution in [0.5, 0.6) is 0 Å². The Morgan fingerprint density at radius 3 is 3.07 bits per heavy atom. The molecule has 0 radical (unpaired) electrons. The zero-order valence-electron chi connectivity index (χ0n) is 7.81. The van der Waals surface area contributed by atoms with Crippen LogP contribution in [0, 0.1) is 0 Å². The second kappa shape index (κ2) is 3.08. The van der Waals surface area contributed by atoms with Gasteiger partial charge >= 0.3 is 91.6 Å². The first-order valence-electron chi connectivity index (χ1n) is 4.91. The van der Waals surface area contributed by atoms with Gasteiger partial charge in [0.05, 0.1) is 0 Å². The van der Waals surface area contributed by atoms with Crippen LogP contribution in [0.25, 0.3) is 0 Å². The summed E-state index contributed by atoms with van der Waals surface area (Å²) in [6.45, 7) is 2.18. The number of hydrogen-bond donors (Lipinski definition) is 0. The van der Waals surface area contributed by atoms with Gasteiger partial charge in [-0.25, -0.2) is 0 Å². The van der Waals surface area contributed by atoms with E-state index in [2.05, 4.69) is 56.9 Å². The molecule has 0 fully saturated rings. The Balaban J connectivity index is 2.21. The van der Waals surface area contributed by atoms with Crippen molar-refractivity contribution in [3.8, 4) is 0 Å². The fourth-order valence-electron chi connectivity index (χ4n) is 2.28. The van der Waals surface area contributed by atoms with Crippen molar-refractivity contribution in [1.82, 2.24) is 4.90 Å². The van der Waals surface area contributed by atoms with Gasteiger partial charge in [0, 0.05) is 0 Å². The predicted molar refractivity (Wildman–Crippen MR) is 59.8 cm³/mol. The Bertz CT molecular complexity index is 422. The molecule has 2 aliphatic heterocycles. The molecule has 0 saturated carbocycles. The average molecular weight is 248 g/mol. The Morgan fingerprint density at radius 2 is 2.14 bits per heavy atom. The van der Waals surface area contributed by atoms with E-state index in [1.165, 1.54) is 15.7 Å². The van der Waals surface area contributed by atoms with Gasteiger partial charge in [0.15, 0.2) is 0 Å². The summed E-state index contributed by atoms with van der Waals surface area (Å²) >= 11 is 3.20. The first kappa shape index (κ1) is 8.46. The molecule has 70 valence electrons. The van der Waals surface area contributed by atoms with Gasteiger partial charge in [-0.3, -0.25) is 0 Å². The van der Waals surface area contributed by atoms with E-state index in [9.17, 15) is 0 Å². The van der Waals surface area contributed by atoms with Crippen LogP contribution >= 0.6 is 0 Å². The van der Waals surface area contributed by atoms with Gasteiger partial charge in [0.1, 0.15) is 0 Å². The first-order valence-corrected chi connectivity index (χ1v) is 5.77. The van der Waals surface area contributed by atoms with Gasteiger partial charge in [-0.15, -0.1) is 0 Å². The molecule has 2 heterocycles. The minimum absolute atomic E-state index is 0.594. The van der Waals surface area contributed by atoms with E-state index in [1.54, 1.807) is 0 Å². The van der Waals surface area contributed by atoms with Gasteiger partial charge in [-0.2, -0.15) is 0 Å². The van der Waals surface area contributed by atoms with Gasteiger partial charge in [0.25, 0.3) is 0 Å².